The second kappa shape index (κ2) is 8.72. The Bertz CT molecular complexity index is 540. The first-order valence-corrected chi connectivity index (χ1v) is 7.17. The summed E-state index contributed by atoms with van der Waals surface area (Å²) in [6.07, 6.45) is 0.521. The van der Waals surface area contributed by atoms with E-state index in [2.05, 4.69) is 17.6 Å². The normalized spacial score (nSPS) is 10.6. The second-order valence-electron chi connectivity index (χ2n) is 4.57. The summed E-state index contributed by atoms with van der Waals surface area (Å²) in [5.41, 5.74) is 0.169. The second-order valence-corrected chi connectivity index (χ2v) is 5.03. The average molecular weight is 330 g/mol. The Hall–Kier alpha value is -1.64. The van der Waals surface area contributed by atoms with Crippen molar-refractivity contribution in [2.45, 2.75) is 20.3 Å². The highest BCUT2D eigenvalue weighted by atomic mass is 32.1. The molecule has 0 aliphatic carbocycles. The molecule has 1 amide bonds. The van der Waals surface area contributed by atoms with Crippen molar-refractivity contribution in [3.63, 3.8) is 0 Å². The summed E-state index contributed by atoms with van der Waals surface area (Å²) in [6.45, 7) is 4.12. The van der Waals surface area contributed by atoms with Crippen molar-refractivity contribution in [1.29, 1.82) is 0 Å². The van der Waals surface area contributed by atoms with Crippen LogP contribution in [0.25, 0.3) is 0 Å². The third-order valence-electron chi connectivity index (χ3n) is 2.89. The number of esters is 1. The zero-order chi connectivity index (χ0) is 16.7. The summed E-state index contributed by atoms with van der Waals surface area (Å²) >= 11 is 3.70. The van der Waals surface area contributed by atoms with Gasteiger partial charge in [-0.1, -0.05) is 12.8 Å². The fourth-order valence-corrected chi connectivity index (χ4v) is 2.00. The smallest absolute Gasteiger partial charge is 0.308 e. The van der Waals surface area contributed by atoms with Crippen molar-refractivity contribution < 1.29 is 23.9 Å². The lowest BCUT2D eigenvalue weighted by Gasteiger charge is -2.21. The lowest BCUT2D eigenvalue weighted by molar-refractivity contribution is -0.132. The van der Waals surface area contributed by atoms with Crippen LogP contribution >= 0.6 is 12.8 Å². The number of ether oxygens (including phenoxy) is 1. The Balaban J connectivity index is 2.78. The fraction of sp³-hybridized carbons (Fsp3) is 0.429. The van der Waals surface area contributed by atoms with E-state index in [1.807, 2.05) is 0 Å². The first kappa shape index (κ1) is 18.4. The van der Waals surface area contributed by atoms with Crippen LogP contribution in [0, 0.1) is 5.82 Å². The van der Waals surface area contributed by atoms with Crippen LogP contribution in [0.15, 0.2) is 18.2 Å². The standard InChI is InChI=1S/C14H19FN2O4S/c1-3-16(7-4-8-17(20)22)14(19)11-5-6-13(12(15)9-11)21-10(2)18/h5-6,9,20,22H,3-4,7-8H2,1-2H3. The predicted molar refractivity (Wildman–Crippen MR) is 81.4 cm³/mol. The monoisotopic (exact) mass is 330 g/mol. The van der Waals surface area contributed by atoms with E-state index < -0.39 is 11.8 Å². The number of rotatable bonds is 7. The number of benzene rings is 1. The number of hydrogen-bond acceptors (Lipinski definition) is 6. The molecule has 1 N–H and O–H groups in total. The van der Waals surface area contributed by atoms with Crippen LogP contribution in [-0.4, -0.2) is 46.1 Å². The highest BCUT2D eigenvalue weighted by molar-refractivity contribution is 7.77. The van der Waals surface area contributed by atoms with Crippen LogP contribution in [0.4, 0.5) is 4.39 Å². The van der Waals surface area contributed by atoms with Crippen molar-refractivity contribution >= 4 is 24.7 Å². The Morgan fingerprint density at radius 2 is 2.05 bits per heavy atom. The maximum absolute atomic E-state index is 13.8. The van der Waals surface area contributed by atoms with Crippen molar-refractivity contribution in [3.05, 3.63) is 29.6 Å². The van der Waals surface area contributed by atoms with Crippen LogP contribution in [0.2, 0.25) is 0 Å². The van der Waals surface area contributed by atoms with Gasteiger partial charge in [-0.2, -0.15) is 0 Å². The molecular formula is C14H19FN2O4S. The van der Waals surface area contributed by atoms with E-state index in [9.17, 15) is 14.0 Å². The van der Waals surface area contributed by atoms with Crippen LogP contribution in [0.3, 0.4) is 0 Å². The van der Waals surface area contributed by atoms with E-state index in [0.717, 1.165) is 10.5 Å². The number of hydrogen-bond donors (Lipinski definition) is 2. The summed E-state index contributed by atoms with van der Waals surface area (Å²) in [5, 5.41) is 8.94. The quantitative estimate of drug-likeness (QED) is 0.347. The summed E-state index contributed by atoms with van der Waals surface area (Å²) in [5.74, 6) is -1.94. The topological polar surface area (TPSA) is 70.1 Å². The Labute approximate surface area is 134 Å². The molecule has 0 unspecified atom stereocenters. The van der Waals surface area contributed by atoms with Crippen molar-refractivity contribution in [2.24, 2.45) is 0 Å². The van der Waals surface area contributed by atoms with Crippen LogP contribution < -0.4 is 4.74 Å². The first-order valence-electron chi connectivity index (χ1n) is 6.77. The van der Waals surface area contributed by atoms with Crippen LogP contribution in [-0.2, 0) is 4.79 Å². The van der Waals surface area contributed by atoms with Gasteiger partial charge in [-0.05, 0) is 31.5 Å². The molecule has 0 heterocycles. The SMILES string of the molecule is CCN(CCCN(O)S)C(=O)c1ccc(OC(C)=O)c(F)c1. The number of carbonyl (C=O) groups is 2. The molecule has 0 saturated heterocycles. The van der Waals surface area contributed by atoms with E-state index in [0.29, 0.717) is 26.1 Å². The lowest BCUT2D eigenvalue weighted by Crippen LogP contribution is -2.33. The molecule has 6 nitrogen and oxygen atoms in total. The van der Waals surface area contributed by atoms with Crippen LogP contribution in [0.1, 0.15) is 30.6 Å². The zero-order valence-corrected chi connectivity index (χ0v) is 13.3. The number of hydroxylamine groups is 1. The van der Waals surface area contributed by atoms with Gasteiger partial charge in [-0.3, -0.25) is 9.59 Å². The first-order chi connectivity index (χ1) is 10.3. The predicted octanol–water partition coefficient (Wildman–Crippen LogP) is 2.14. The van der Waals surface area contributed by atoms with E-state index in [1.165, 1.54) is 24.0 Å². The molecule has 8 heteroatoms. The van der Waals surface area contributed by atoms with Gasteiger partial charge in [0.15, 0.2) is 11.6 Å². The molecule has 1 aromatic rings. The Kier molecular flexibility index (Phi) is 7.30. The molecule has 1 aromatic carbocycles. The highest BCUT2D eigenvalue weighted by Gasteiger charge is 2.17. The van der Waals surface area contributed by atoms with Gasteiger partial charge in [0.05, 0.1) is 0 Å². The molecule has 0 saturated carbocycles. The summed E-state index contributed by atoms with van der Waals surface area (Å²) in [4.78, 5) is 24.6. The van der Waals surface area contributed by atoms with E-state index in [-0.39, 0.29) is 17.2 Å². The van der Waals surface area contributed by atoms with Crippen molar-refractivity contribution in [3.8, 4) is 5.75 Å². The van der Waals surface area contributed by atoms with E-state index in [1.54, 1.807) is 6.92 Å². The summed E-state index contributed by atoms with van der Waals surface area (Å²) in [7, 11) is 0. The minimum atomic E-state index is -0.769. The van der Waals surface area contributed by atoms with Gasteiger partial charge in [-0.15, -0.1) is 4.47 Å². The molecule has 0 aliphatic rings. The van der Waals surface area contributed by atoms with Crippen molar-refractivity contribution in [2.75, 3.05) is 19.6 Å². The molecule has 22 heavy (non-hydrogen) atoms. The number of thiol groups is 1. The molecule has 122 valence electrons. The molecule has 0 fully saturated rings. The van der Waals surface area contributed by atoms with Crippen molar-refractivity contribution in [1.82, 2.24) is 9.37 Å². The van der Waals surface area contributed by atoms with Gasteiger partial charge in [-0.25, -0.2) is 4.39 Å². The van der Waals surface area contributed by atoms with Gasteiger partial charge in [0.2, 0.25) is 0 Å². The maximum Gasteiger partial charge on any atom is 0.308 e. The Morgan fingerprint density at radius 3 is 2.55 bits per heavy atom. The molecular weight excluding hydrogens is 311 g/mol. The Morgan fingerprint density at radius 1 is 1.36 bits per heavy atom. The highest BCUT2D eigenvalue weighted by Crippen LogP contribution is 2.19. The largest absolute Gasteiger partial charge is 0.424 e. The summed E-state index contributed by atoms with van der Waals surface area (Å²) < 4.78 is 19.2. The van der Waals surface area contributed by atoms with Gasteiger partial charge in [0.1, 0.15) is 0 Å². The van der Waals surface area contributed by atoms with Gasteiger partial charge in [0.25, 0.3) is 5.91 Å². The number of halogens is 1. The number of nitrogens with zero attached hydrogens (tertiary/aromatic N) is 2. The molecule has 0 spiro atoms. The molecule has 1 rings (SSSR count). The average Bonchev–Trinajstić information content (AvgIpc) is 2.44. The van der Waals surface area contributed by atoms with Gasteiger partial charge < -0.3 is 14.8 Å². The number of amides is 1. The minimum absolute atomic E-state index is 0.169. The van der Waals surface area contributed by atoms with E-state index in [4.69, 9.17) is 5.21 Å². The van der Waals surface area contributed by atoms with E-state index >= 15 is 0 Å². The molecule has 0 aliphatic heterocycles. The number of carbonyl (C=O) groups excluding carboxylic acids is 2. The molecule has 0 bridgehead atoms. The third kappa shape index (κ3) is 5.63. The molecule has 0 radical (unpaired) electrons. The summed E-state index contributed by atoms with van der Waals surface area (Å²) in [6, 6.07) is 3.70. The van der Waals surface area contributed by atoms with Gasteiger partial charge >= 0.3 is 5.97 Å². The zero-order valence-electron chi connectivity index (χ0n) is 12.5. The maximum atomic E-state index is 13.8. The minimum Gasteiger partial charge on any atom is -0.424 e. The molecule has 0 atom stereocenters. The molecule has 0 aromatic heterocycles. The third-order valence-corrected chi connectivity index (χ3v) is 3.09. The fourth-order valence-electron chi connectivity index (χ4n) is 1.86. The van der Waals surface area contributed by atoms with Crippen LogP contribution in [0.5, 0.6) is 5.75 Å². The van der Waals surface area contributed by atoms with Gasteiger partial charge in [0, 0.05) is 32.1 Å². The lowest BCUT2D eigenvalue weighted by atomic mass is 10.1.